The van der Waals surface area contributed by atoms with Gasteiger partial charge < -0.3 is 10.3 Å². The van der Waals surface area contributed by atoms with E-state index < -0.39 is 0 Å². The molecular weight excluding hydrogens is 258 g/mol. The van der Waals surface area contributed by atoms with Crippen LogP contribution < -0.4 is 5.73 Å². The van der Waals surface area contributed by atoms with E-state index in [0.717, 1.165) is 4.57 Å². The van der Waals surface area contributed by atoms with Crippen molar-refractivity contribution < 1.29 is 0 Å². The number of hydrogen-bond donors (Lipinski definition) is 1. The van der Waals surface area contributed by atoms with Crippen molar-refractivity contribution in [2.45, 2.75) is 0 Å². The second-order valence-electron chi connectivity index (χ2n) is 3.62. The highest BCUT2D eigenvalue weighted by Gasteiger charge is 2.23. The lowest BCUT2D eigenvalue weighted by atomic mass is 10.3. The molecule has 0 aromatic carbocycles. The molecule has 0 saturated heterocycles. The highest BCUT2D eigenvalue weighted by molar-refractivity contribution is 5.51. The summed E-state index contributed by atoms with van der Waals surface area (Å²) in [5.74, 6) is -0.0543. The molecule has 0 unspecified atom stereocenters. The number of rotatable bonds is 1. The predicted octanol–water partition coefficient (Wildman–Crippen LogP) is -0.325. The molecule has 2 N–H and O–H groups in total. The summed E-state index contributed by atoms with van der Waals surface area (Å²) in [6.07, 6.45) is 0. The van der Waals surface area contributed by atoms with Gasteiger partial charge in [0.25, 0.3) is 0 Å². The van der Waals surface area contributed by atoms with Gasteiger partial charge in [0, 0.05) is 7.05 Å². The fourth-order valence-electron chi connectivity index (χ4n) is 1.71. The van der Waals surface area contributed by atoms with Crippen molar-refractivity contribution in [1.29, 1.82) is 21.0 Å². The Hall–Kier alpha value is -3.82. The molecule has 0 aliphatic rings. The summed E-state index contributed by atoms with van der Waals surface area (Å²) in [6, 6.07) is 7.17. The molecule has 94 valence electrons. The van der Waals surface area contributed by atoms with E-state index in [4.69, 9.17) is 26.8 Å². The second kappa shape index (κ2) is 4.45. The highest BCUT2D eigenvalue weighted by atomic mass is 15.3. The lowest BCUT2D eigenvalue weighted by Crippen LogP contribution is -2.09. The summed E-state index contributed by atoms with van der Waals surface area (Å²) in [6.45, 7) is 0. The van der Waals surface area contributed by atoms with E-state index in [1.165, 1.54) is 11.6 Å². The summed E-state index contributed by atoms with van der Waals surface area (Å²) in [5, 5.41) is 35.9. The van der Waals surface area contributed by atoms with Gasteiger partial charge in [-0.25, -0.2) is 9.55 Å². The molecule has 0 aliphatic heterocycles. The summed E-state index contributed by atoms with van der Waals surface area (Å²) in [7, 11) is 1.49. The Morgan fingerprint density at radius 3 is 1.90 bits per heavy atom. The van der Waals surface area contributed by atoms with Gasteiger partial charge in [0.15, 0.2) is 22.8 Å². The van der Waals surface area contributed by atoms with Gasteiger partial charge in [0.1, 0.15) is 24.3 Å². The summed E-state index contributed by atoms with van der Waals surface area (Å²) in [4.78, 5) is 7.69. The first-order valence-corrected chi connectivity index (χ1v) is 5.14. The molecule has 2 rings (SSSR count). The van der Waals surface area contributed by atoms with Crippen LogP contribution in [0.3, 0.4) is 0 Å². The first-order valence-electron chi connectivity index (χ1n) is 5.14. The van der Waals surface area contributed by atoms with Crippen LogP contribution in [0, 0.1) is 45.3 Å². The highest BCUT2D eigenvalue weighted by Crippen LogP contribution is 2.20. The molecule has 20 heavy (non-hydrogen) atoms. The molecule has 0 atom stereocenters. The molecule has 0 spiro atoms. The molecule has 0 radical (unpaired) electrons. The Balaban J connectivity index is 2.86. The number of aromatic nitrogens is 4. The van der Waals surface area contributed by atoms with Crippen molar-refractivity contribution in [3.05, 3.63) is 22.8 Å². The number of nitrogen functional groups attached to an aromatic ring is 1. The van der Waals surface area contributed by atoms with E-state index >= 15 is 0 Å². The Morgan fingerprint density at radius 2 is 1.45 bits per heavy atom. The van der Waals surface area contributed by atoms with Crippen LogP contribution in [0.1, 0.15) is 22.8 Å². The molecule has 2 aromatic heterocycles. The van der Waals surface area contributed by atoms with Gasteiger partial charge in [-0.3, -0.25) is 0 Å². The normalized spacial score (nSPS) is 9.25. The van der Waals surface area contributed by atoms with Crippen LogP contribution >= 0.6 is 0 Å². The third-order valence-electron chi connectivity index (χ3n) is 2.60. The molecule has 2 heterocycles. The third-order valence-corrected chi connectivity index (χ3v) is 2.60. The zero-order valence-corrected chi connectivity index (χ0v) is 10.2. The largest absolute Gasteiger partial charge is 0.369 e. The van der Waals surface area contributed by atoms with Crippen LogP contribution in [0.15, 0.2) is 0 Å². The van der Waals surface area contributed by atoms with Gasteiger partial charge in [0.2, 0.25) is 11.9 Å². The Kier molecular flexibility index (Phi) is 2.81. The van der Waals surface area contributed by atoms with Crippen molar-refractivity contribution in [3.8, 4) is 30.2 Å². The number of hydrogen-bond acceptors (Lipinski definition) is 7. The molecule has 0 fully saturated rings. The predicted molar refractivity (Wildman–Crippen MR) is 63.6 cm³/mol. The fourth-order valence-corrected chi connectivity index (χ4v) is 1.71. The zero-order valence-electron chi connectivity index (χ0n) is 10.2. The van der Waals surface area contributed by atoms with E-state index in [9.17, 15) is 0 Å². The van der Waals surface area contributed by atoms with E-state index in [2.05, 4.69) is 9.97 Å². The van der Waals surface area contributed by atoms with Crippen LogP contribution in [0.5, 0.6) is 0 Å². The topological polar surface area (TPSA) is 157 Å². The molecular formula is C11H5N9. The Bertz CT molecular complexity index is 870. The molecule has 2 aromatic rings. The SMILES string of the molecule is Cn1c(-n2c(N)nc(C#N)c2C#N)nc(C#N)c1C#N. The van der Waals surface area contributed by atoms with Gasteiger partial charge in [-0.1, -0.05) is 0 Å². The quantitative estimate of drug-likeness (QED) is 0.737. The zero-order chi connectivity index (χ0) is 14.9. The van der Waals surface area contributed by atoms with E-state index in [1.54, 1.807) is 18.2 Å². The molecule has 0 aliphatic carbocycles. The Labute approximate surface area is 113 Å². The van der Waals surface area contributed by atoms with Gasteiger partial charge in [-0.05, 0) is 0 Å². The van der Waals surface area contributed by atoms with Gasteiger partial charge in [0.05, 0.1) is 0 Å². The molecule has 0 amide bonds. The lowest BCUT2D eigenvalue weighted by molar-refractivity contribution is 0.810. The van der Waals surface area contributed by atoms with Crippen molar-refractivity contribution in [2.24, 2.45) is 7.05 Å². The number of nitriles is 4. The van der Waals surface area contributed by atoms with Crippen LogP contribution in [-0.4, -0.2) is 19.1 Å². The van der Waals surface area contributed by atoms with Crippen molar-refractivity contribution in [2.75, 3.05) is 5.73 Å². The van der Waals surface area contributed by atoms with Gasteiger partial charge in [-0.2, -0.15) is 26.0 Å². The monoisotopic (exact) mass is 263 g/mol. The smallest absolute Gasteiger partial charge is 0.219 e. The van der Waals surface area contributed by atoms with Gasteiger partial charge >= 0.3 is 0 Å². The average Bonchev–Trinajstić information content (AvgIpc) is 2.94. The number of nitrogens with two attached hydrogens (primary N) is 1. The van der Waals surface area contributed by atoms with Crippen LogP contribution in [0.4, 0.5) is 5.95 Å². The lowest BCUT2D eigenvalue weighted by Gasteiger charge is -2.05. The third kappa shape index (κ3) is 1.53. The van der Waals surface area contributed by atoms with Crippen LogP contribution in [0.2, 0.25) is 0 Å². The first kappa shape index (κ1) is 12.6. The standard InChI is InChI=1S/C11H5N9/c1-19-8(4-14)6(2-12)18-11(19)20-9(5-15)7(3-13)17-10(20)16/h1H3,(H2,16,17). The van der Waals surface area contributed by atoms with Crippen molar-refractivity contribution >= 4 is 5.95 Å². The molecule has 9 nitrogen and oxygen atoms in total. The minimum absolute atomic E-state index is 0.0259. The first-order chi connectivity index (χ1) is 9.58. The maximum atomic E-state index is 9.10. The number of anilines is 1. The second-order valence-corrected chi connectivity index (χ2v) is 3.62. The maximum Gasteiger partial charge on any atom is 0.219 e. The van der Waals surface area contributed by atoms with Crippen molar-refractivity contribution in [3.63, 3.8) is 0 Å². The molecule has 0 saturated carbocycles. The molecule has 9 heteroatoms. The number of nitrogens with zero attached hydrogens (tertiary/aromatic N) is 8. The average molecular weight is 263 g/mol. The van der Waals surface area contributed by atoms with Crippen molar-refractivity contribution in [1.82, 2.24) is 19.1 Å². The minimum atomic E-state index is -0.148. The summed E-state index contributed by atoms with van der Waals surface area (Å²) < 4.78 is 2.43. The van der Waals surface area contributed by atoms with Crippen LogP contribution in [-0.2, 0) is 7.05 Å². The summed E-state index contributed by atoms with van der Waals surface area (Å²) in [5.41, 5.74) is 5.34. The maximum absolute atomic E-state index is 9.10. The fraction of sp³-hybridized carbons (Fsp3) is 0.0909. The summed E-state index contributed by atoms with van der Waals surface area (Å²) >= 11 is 0. The minimum Gasteiger partial charge on any atom is -0.369 e. The van der Waals surface area contributed by atoms with E-state index in [0.29, 0.717) is 0 Å². The van der Waals surface area contributed by atoms with E-state index in [1.807, 2.05) is 6.07 Å². The number of imidazole rings is 2. The Morgan fingerprint density at radius 1 is 0.900 bits per heavy atom. The molecule has 0 bridgehead atoms. The van der Waals surface area contributed by atoms with Crippen LogP contribution in [0.25, 0.3) is 5.95 Å². The van der Waals surface area contributed by atoms with Gasteiger partial charge in [-0.15, -0.1) is 0 Å². The van der Waals surface area contributed by atoms with E-state index in [-0.39, 0.29) is 34.7 Å².